The van der Waals surface area contributed by atoms with Crippen molar-refractivity contribution in [3.8, 4) is 11.4 Å². The minimum Gasteiger partial charge on any atom is -0.339 e. The zero-order valence-electron chi connectivity index (χ0n) is 14.4. The number of nitrogens with one attached hydrogen (secondary N) is 2. The highest BCUT2D eigenvalue weighted by Crippen LogP contribution is 2.24. The molecule has 7 nitrogen and oxygen atoms in total. The Bertz CT molecular complexity index is 918. The molecule has 26 heavy (non-hydrogen) atoms. The molecule has 8 heteroatoms. The lowest BCUT2D eigenvalue weighted by Crippen LogP contribution is -2.14. The molecule has 0 aliphatic heterocycles. The molecular formula is C18H18N4O3S. The second-order valence-electron chi connectivity index (χ2n) is 5.73. The largest absolute Gasteiger partial charge is 0.339 e. The second-order valence-corrected chi connectivity index (χ2v) is 6.51. The molecule has 0 fully saturated rings. The van der Waals surface area contributed by atoms with E-state index < -0.39 is 0 Å². The third-order valence-corrected chi connectivity index (χ3v) is 4.42. The first-order valence-electron chi connectivity index (χ1n) is 8.05. The van der Waals surface area contributed by atoms with Gasteiger partial charge in [0.05, 0.1) is 0 Å². The van der Waals surface area contributed by atoms with Crippen molar-refractivity contribution in [2.75, 3.05) is 10.6 Å². The molecule has 2 amide bonds. The monoisotopic (exact) mass is 370 g/mol. The van der Waals surface area contributed by atoms with Gasteiger partial charge >= 0.3 is 0 Å². The van der Waals surface area contributed by atoms with Gasteiger partial charge in [0.1, 0.15) is 0 Å². The first-order valence-corrected chi connectivity index (χ1v) is 8.99. The normalized spacial score (nSPS) is 10.5. The van der Waals surface area contributed by atoms with Crippen LogP contribution in [0.1, 0.15) is 24.8 Å². The summed E-state index contributed by atoms with van der Waals surface area (Å²) in [5, 5.41) is 13.4. The number of carbonyl (C=O) groups is 2. The molecule has 0 aliphatic carbocycles. The van der Waals surface area contributed by atoms with Gasteiger partial charge in [-0.25, -0.2) is 0 Å². The molecule has 0 atom stereocenters. The highest BCUT2D eigenvalue weighted by Gasteiger charge is 2.12. The van der Waals surface area contributed by atoms with Crippen LogP contribution in [-0.4, -0.2) is 22.0 Å². The number of amides is 2. The minimum atomic E-state index is -0.164. The van der Waals surface area contributed by atoms with E-state index in [9.17, 15) is 9.59 Å². The van der Waals surface area contributed by atoms with Crippen molar-refractivity contribution in [3.05, 3.63) is 46.5 Å². The Morgan fingerprint density at radius 2 is 1.96 bits per heavy atom. The van der Waals surface area contributed by atoms with Crippen LogP contribution in [-0.2, 0) is 16.0 Å². The Balaban J connectivity index is 1.59. The number of hydrogen-bond donors (Lipinski definition) is 2. The summed E-state index contributed by atoms with van der Waals surface area (Å²) in [6.45, 7) is 3.28. The molecule has 3 aromatic rings. The molecule has 3 rings (SSSR count). The number of carbonyl (C=O) groups excluding carboxylic acids is 2. The van der Waals surface area contributed by atoms with Gasteiger partial charge in [-0.2, -0.15) is 16.3 Å². The molecule has 0 bridgehead atoms. The SMILES string of the molecule is CC(=O)Nc1cccc(NC(=O)CCc2nc(-c3ccsc3)no2)c1C. The number of benzene rings is 1. The second kappa shape index (κ2) is 7.92. The molecule has 1 aromatic carbocycles. The van der Waals surface area contributed by atoms with Crippen molar-refractivity contribution < 1.29 is 14.1 Å². The smallest absolute Gasteiger partial charge is 0.227 e. The van der Waals surface area contributed by atoms with Gasteiger partial charge in [0.15, 0.2) is 0 Å². The van der Waals surface area contributed by atoms with E-state index in [1.54, 1.807) is 29.5 Å². The van der Waals surface area contributed by atoms with E-state index in [-0.39, 0.29) is 18.2 Å². The average Bonchev–Trinajstić information content (AvgIpc) is 3.27. The van der Waals surface area contributed by atoms with Crippen molar-refractivity contribution >= 4 is 34.5 Å². The number of anilines is 2. The number of aromatic nitrogens is 2. The predicted molar refractivity (Wildman–Crippen MR) is 100 cm³/mol. The molecule has 2 heterocycles. The zero-order chi connectivity index (χ0) is 18.5. The van der Waals surface area contributed by atoms with E-state index in [0.717, 1.165) is 11.1 Å². The van der Waals surface area contributed by atoms with Crippen molar-refractivity contribution in [1.29, 1.82) is 0 Å². The first kappa shape index (κ1) is 17.8. The Labute approximate surface area is 154 Å². The van der Waals surface area contributed by atoms with Gasteiger partial charge in [0.25, 0.3) is 0 Å². The lowest BCUT2D eigenvalue weighted by atomic mass is 10.1. The van der Waals surface area contributed by atoms with Crippen molar-refractivity contribution in [1.82, 2.24) is 10.1 Å². The number of hydrogen-bond acceptors (Lipinski definition) is 6. The van der Waals surface area contributed by atoms with Crippen molar-refractivity contribution in [2.45, 2.75) is 26.7 Å². The van der Waals surface area contributed by atoms with Crippen LogP contribution < -0.4 is 10.6 Å². The van der Waals surface area contributed by atoms with E-state index in [1.807, 2.05) is 23.8 Å². The van der Waals surface area contributed by atoms with Crippen LogP contribution in [0.2, 0.25) is 0 Å². The zero-order valence-corrected chi connectivity index (χ0v) is 15.2. The van der Waals surface area contributed by atoms with Gasteiger partial charge in [-0.3, -0.25) is 9.59 Å². The standard InChI is InChI=1S/C18H18N4O3S/c1-11-14(19-12(2)23)4-3-5-15(11)20-16(24)6-7-17-21-18(22-25-17)13-8-9-26-10-13/h3-5,8-10H,6-7H2,1-2H3,(H,19,23)(H,20,24). The van der Waals surface area contributed by atoms with Crippen LogP contribution in [0, 0.1) is 6.92 Å². The fourth-order valence-electron chi connectivity index (χ4n) is 2.39. The maximum atomic E-state index is 12.2. The first-order chi connectivity index (χ1) is 12.5. The predicted octanol–water partition coefficient (Wildman–Crippen LogP) is 3.64. The molecule has 0 saturated carbocycles. The molecule has 2 N–H and O–H groups in total. The quantitative estimate of drug-likeness (QED) is 0.690. The van der Waals surface area contributed by atoms with Gasteiger partial charge in [-0.05, 0) is 36.1 Å². The molecule has 0 saturated heterocycles. The van der Waals surface area contributed by atoms with Crippen molar-refractivity contribution in [3.63, 3.8) is 0 Å². The van der Waals surface area contributed by atoms with E-state index in [2.05, 4.69) is 20.8 Å². The summed E-state index contributed by atoms with van der Waals surface area (Å²) >= 11 is 1.56. The summed E-state index contributed by atoms with van der Waals surface area (Å²) in [6.07, 6.45) is 0.572. The van der Waals surface area contributed by atoms with Crippen LogP contribution >= 0.6 is 11.3 Å². The molecule has 0 spiro atoms. The molecule has 0 unspecified atom stereocenters. The van der Waals surface area contributed by atoms with Crippen LogP contribution in [0.25, 0.3) is 11.4 Å². The lowest BCUT2D eigenvalue weighted by Gasteiger charge is -2.12. The summed E-state index contributed by atoms with van der Waals surface area (Å²) in [6, 6.07) is 7.27. The van der Waals surface area contributed by atoms with Gasteiger partial charge in [0, 0.05) is 42.1 Å². The fourth-order valence-corrected chi connectivity index (χ4v) is 3.03. The summed E-state index contributed by atoms with van der Waals surface area (Å²) in [5.41, 5.74) is 3.03. The topological polar surface area (TPSA) is 97.1 Å². The van der Waals surface area contributed by atoms with Crippen LogP contribution in [0.15, 0.2) is 39.5 Å². The maximum Gasteiger partial charge on any atom is 0.227 e. The van der Waals surface area contributed by atoms with Gasteiger partial charge in [-0.15, -0.1) is 0 Å². The summed E-state index contributed by atoms with van der Waals surface area (Å²) in [4.78, 5) is 27.7. The van der Waals surface area contributed by atoms with E-state index in [1.165, 1.54) is 6.92 Å². The Hall–Kier alpha value is -3.00. The van der Waals surface area contributed by atoms with E-state index in [4.69, 9.17) is 4.52 Å². The van der Waals surface area contributed by atoms with E-state index in [0.29, 0.717) is 29.5 Å². The van der Waals surface area contributed by atoms with Gasteiger partial charge in [-0.1, -0.05) is 11.2 Å². The average molecular weight is 370 g/mol. The third kappa shape index (κ3) is 4.34. The highest BCUT2D eigenvalue weighted by atomic mass is 32.1. The fraction of sp³-hybridized carbons (Fsp3) is 0.222. The van der Waals surface area contributed by atoms with Crippen molar-refractivity contribution in [2.24, 2.45) is 0 Å². The highest BCUT2D eigenvalue weighted by molar-refractivity contribution is 7.08. The molecule has 2 aromatic heterocycles. The van der Waals surface area contributed by atoms with E-state index >= 15 is 0 Å². The summed E-state index contributed by atoms with van der Waals surface area (Å²) in [7, 11) is 0. The van der Waals surface area contributed by atoms with Gasteiger partial charge < -0.3 is 15.2 Å². The maximum absolute atomic E-state index is 12.2. The van der Waals surface area contributed by atoms with Gasteiger partial charge in [0.2, 0.25) is 23.5 Å². The number of nitrogens with zero attached hydrogens (tertiary/aromatic N) is 2. The molecule has 134 valence electrons. The number of aryl methyl sites for hydroxylation is 1. The van der Waals surface area contributed by atoms with Crippen LogP contribution in [0.4, 0.5) is 11.4 Å². The lowest BCUT2D eigenvalue weighted by molar-refractivity contribution is -0.116. The number of rotatable bonds is 6. The van der Waals surface area contributed by atoms with Crippen LogP contribution in [0.3, 0.4) is 0 Å². The number of thiophene rings is 1. The Morgan fingerprint density at radius 1 is 1.19 bits per heavy atom. The van der Waals surface area contributed by atoms with Crippen LogP contribution in [0.5, 0.6) is 0 Å². The summed E-state index contributed by atoms with van der Waals surface area (Å²) in [5.74, 6) is 0.628. The molecule has 0 aliphatic rings. The molecular weight excluding hydrogens is 352 g/mol. The minimum absolute atomic E-state index is 0.158. The third-order valence-electron chi connectivity index (χ3n) is 3.73. The Morgan fingerprint density at radius 3 is 2.65 bits per heavy atom. The molecule has 0 radical (unpaired) electrons. The Kier molecular flexibility index (Phi) is 5.43. The summed E-state index contributed by atoms with van der Waals surface area (Å²) < 4.78 is 5.19.